The van der Waals surface area contributed by atoms with Gasteiger partial charge < -0.3 is 0 Å². The van der Waals surface area contributed by atoms with Crippen molar-refractivity contribution < 1.29 is 24.0 Å². The molecule has 0 radical (unpaired) electrons. The van der Waals surface area contributed by atoms with Gasteiger partial charge >= 0.3 is 111 Å². The summed E-state index contributed by atoms with van der Waals surface area (Å²) in [6.45, 7) is 7.47. The van der Waals surface area contributed by atoms with Crippen LogP contribution in [0, 0.1) is 0 Å². The molecule has 0 saturated heterocycles. The zero-order valence-electron chi connectivity index (χ0n) is 11.8. The Bertz CT molecular complexity index is 165. The van der Waals surface area contributed by atoms with Crippen molar-refractivity contribution in [3.8, 4) is 0 Å². The van der Waals surface area contributed by atoms with E-state index in [0.717, 1.165) is 37.6 Å². The first-order valence-electron chi connectivity index (χ1n) is 6.87. The molecule has 0 unspecified atom stereocenters. The predicted molar refractivity (Wildman–Crippen MR) is 69.5 cm³/mol. The molecule has 0 aliphatic rings. The summed E-state index contributed by atoms with van der Waals surface area (Å²) < 4.78 is 11.6. The van der Waals surface area contributed by atoms with Crippen molar-refractivity contribution in [2.24, 2.45) is 5.73 Å². The van der Waals surface area contributed by atoms with E-state index >= 15 is 0 Å². The van der Waals surface area contributed by atoms with Crippen LogP contribution in [0.15, 0.2) is 0 Å². The van der Waals surface area contributed by atoms with E-state index in [4.69, 9.17) is 12.4 Å². The Morgan fingerprint density at radius 3 is 2.12 bits per heavy atom. The fourth-order valence-electron chi connectivity index (χ4n) is 1.82. The summed E-state index contributed by atoms with van der Waals surface area (Å²) in [5.74, 6) is 0. The molecule has 0 rings (SSSR count). The molecule has 104 valence electrons. The minimum absolute atomic E-state index is 0.759. The summed E-state index contributed by atoms with van der Waals surface area (Å²) in [4.78, 5) is 0.929. The van der Waals surface area contributed by atoms with Crippen LogP contribution in [0.4, 0.5) is 0 Å². The zero-order valence-corrected chi connectivity index (χ0v) is 13.3. The van der Waals surface area contributed by atoms with Crippen molar-refractivity contribution >= 4 is 0 Å². The quantitative estimate of drug-likeness (QED) is 0.425. The van der Waals surface area contributed by atoms with Gasteiger partial charge in [0.05, 0.1) is 0 Å². The molecular weight excluding hydrogens is 252 g/mol. The van der Waals surface area contributed by atoms with E-state index in [1.54, 1.807) is 0 Å². The van der Waals surface area contributed by atoms with E-state index in [-0.39, 0.29) is 0 Å². The summed E-state index contributed by atoms with van der Waals surface area (Å²) in [6.07, 6.45) is 4.87. The van der Waals surface area contributed by atoms with Crippen LogP contribution in [0.5, 0.6) is 0 Å². The first-order valence-corrected chi connectivity index (χ1v) is 10.8. The van der Waals surface area contributed by atoms with Gasteiger partial charge in [-0.1, -0.05) is 0 Å². The minimum atomic E-state index is -2.47. The standard InChI is InChI=1S/C7H17N2.2C2H5O.CH3.Ti/c1-9-7-5-3-2-4-6-8;2*1-2-3;;/h9H,1-8H2;2*2H2,1H3;1H3;/q;2*-1;;+2. The second-order valence-corrected chi connectivity index (χ2v) is 9.37. The van der Waals surface area contributed by atoms with E-state index in [9.17, 15) is 0 Å². The van der Waals surface area contributed by atoms with Crippen molar-refractivity contribution in [3.05, 3.63) is 0 Å². The monoisotopic (exact) mass is 282 g/mol. The van der Waals surface area contributed by atoms with Crippen molar-refractivity contribution in [2.75, 3.05) is 31.2 Å². The maximum atomic E-state index is 5.80. The van der Waals surface area contributed by atoms with E-state index in [2.05, 4.69) is 10.5 Å². The van der Waals surface area contributed by atoms with Crippen LogP contribution in [0.25, 0.3) is 0 Å². The average Bonchev–Trinajstić information content (AvgIpc) is 2.28. The van der Waals surface area contributed by atoms with Crippen LogP contribution in [-0.4, -0.2) is 31.2 Å². The maximum absolute atomic E-state index is 5.80. The molecule has 0 fully saturated rings. The van der Waals surface area contributed by atoms with Crippen LogP contribution < -0.4 is 11.1 Å². The molecule has 0 aromatic rings. The number of unbranched alkanes of at least 4 members (excludes halogenated alkanes) is 3. The van der Waals surface area contributed by atoms with Gasteiger partial charge in [0, 0.05) is 0 Å². The summed E-state index contributed by atoms with van der Waals surface area (Å²) >= 11 is -2.47. The summed E-state index contributed by atoms with van der Waals surface area (Å²) in [7, 11) is 0. The predicted octanol–water partition coefficient (Wildman–Crippen LogP) is 2.16. The van der Waals surface area contributed by atoms with Gasteiger partial charge in [-0.25, -0.2) is 0 Å². The molecule has 0 atom stereocenters. The second-order valence-electron chi connectivity index (χ2n) is 4.38. The van der Waals surface area contributed by atoms with Crippen molar-refractivity contribution in [1.29, 1.82) is 0 Å². The van der Waals surface area contributed by atoms with Gasteiger partial charge in [0.1, 0.15) is 0 Å². The fraction of sp³-hybridized carbons (Fsp3) is 1.00. The Balaban J connectivity index is 3.54. The summed E-state index contributed by atoms with van der Waals surface area (Å²) in [6, 6.07) is 0. The molecule has 5 heteroatoms. The molecule has 0 aromatic carbocycles. The number of nitrogens with one attached hydrogen (secondary N) is 1. The van der Waals surface area contributed by atoms with Gasteiger partial charge in [0.15, 0.2) is 0 Å². The van der Waals surface area contributed by atoms with E-state index in [1.807, 2.05) is 13.8 Å². The molecule has 17 heavy (non-hydrogen) atoms. The van der Waals surface area contributed by atoms with Crippen LogP contribution in [0.3, 0.4) is 0 Å². The zero-order chi connectivity index (χ0) is 13.0. The Kier molecular flexibility index (Phi) is 12.0. The first-order chi connectivity index (χ1) is 8.18. The van der Waals surface area contributed by atoms with Gasteiger partial charge in [-0.3, -0.25) is 0 Å². The topological polar surface area (TPSA) is 56.5 Å². The summed E-state index contributed by atoms with van der Waals surface area (Å²) in [5, 5.41) is 5.65. The van der Waals surface area contributed by atoms with Gasteiger partial charge in [0.25, 0.3) is 0 Å². The number of hydrogen-bond acceptors (Lipinski definition) is 4. The molecule has 0 bridgehead atoms. The Labute approximate surface area is 111 Å². The molecule has 0 aliphatic carbocycles. The van der Waals surface area contributed by atoms with Crippen LogP contribution in [-0.2, 0) is 24.0 Å². The number of hydrogen-bond donors (Lipinski definition) is 2. The molecule has 0 amide bonds. The fourth-order valence-corrected chi connectivity index (χ4v) is 5.16. The van der Waals surface area contributed by atoms with Gasteiger partial charge in [-0.2, -0.15) is 0 Å². The molecule has 0 aromatic heterocycles. The number of nitrogens with two attached hydrogens (primary N) is 1. The van der Waals surface area contributed by atoms with Crippen molar-refractivity contribution in [2.45, 2.75) is 44.8 Å². The summed E-state index contributed by atoms with van der Waals surface area (Å²) in [5.41, 5.74) is 5.45. The third kappa shape index (κ3) is 10.2. The third-order valence-corrected chi connectivity index (χ3v) is 6.86. The molecular formula is C12H30N2O2Ti. The van der Waals surface area contributed by atoms with Crippen molar-refractivity contribution in [3.63, 3.8) is 0 Å². The molecule has 3 N–H and O–H groups in total. The van der Waals surface area contributed by atoms with Gasteiger partial charge in [-0.05, 0) is 0 Å². The van der Waals surface area contributed by atoms with E-state index < -0.39 is 17.4 Å². The second kappa shape index (κ2) is 11.6. The third-order valence-electron chi connectivity index (χ3n) is 2.65. The molecule has 0 saturated carbocycles. The van der Waals surface area contributed by atoms with E-state index in [0.29, 0.717) is 0 Å². The van der Waals surface area contributed by atoms with Crippen LogP contribution >= 0.6 is 0 Å². The van der Waals surface area contributed by atoms with Gasteiger partial charge in [-0.15, -0.1) is 0 Å². The molecule has 0 heterocycles. The normalized spacial score (nSPS) is 12.0. The Morgan fingerprint density at radius 1 is 1.00 bits per heavy atom. The van der Waals surface area contributed by atoms with Crippen molar-refractivity contribution in [1.82, 2.24) is 5.32 Å². The number of rotatable bonds is 12. The van der Waals surface area contributed by atoms with Gasteiger partial charge in [0.2, 0.25) is 0 Å². The SMILES string of the molecule is CC[O][Ti]([CH3])([CH2]NCCCCCCN)[O]CC. The molecule has 0 spiro atoms. The Morgan fingerprint density at radius 2 is 1.59 bits per heavy atom. The van der Waals surface area contributed by atoms with E-state index in [1.165, 1.54) is 19.3 Å². The first kappa shape index (κ1) is 17.6. The molecule has 4 nitrogen and oxygen atoms in total. The average molecular weight is 282 g/mol. The van der Waals surface area contributed by atoms with Crippen LogP contribution in [0.1, 0.15) is 39.5 Å². The van der Waals surface area contributed by atoms with Crippen LogP contribution in [0.2, 0.25) is 5.23 Å². The molecule has 0 aliphatic heterocycles. The Hall–Kier alpha value is 0.554.